The molecular formula is C14H12N2O4. The van der Waals surface area contributed by atoms with Gasteiger partial charge in [0.25, 0.3) is 5.69 Å². The molecule has 0 fully saturated rings. The Hall–Kier alpha value is -2.89. The van der Waals surface area contributed by atoms with Crippen LogP contribution in [0.4, 0.5) is 17.1 Å². The van der Waals surface area contributed by atoms with Crippen molar-refractivity contribution in [3.05, 3.63) is 63.7 Å². The van der Waals surface area contributed by atoms with Gasteiger partial charge in [0.05, 0.1) is 10.5 Å². The van der Waals surface area contributed by atoms with Gasteiger partial charge in [-0.25, -0.2) is 4.79 Å². The maximum atomic E-state index is 11.0. The van der Waals surface area contributed by atoms with Crippen molar-refractivity contribution >= 4 is 23.0 Å². The summed E-state index contributed by atoms with van der Waals surface area (Å²) in [5.41, 5.74) is 1.54. The molecule has 0 spiro atoms. The SMILES string of the molecule is Cc1ccccc1Nc1ccc(C(=O)O)cc1[N+](=O)[O-]. The van der Waals surface area contributed by atoms with Crippen LogP contribution in [0.25, 0.3) is 0 Å². The number of hydrogen-bond acceptors (Lipinski definition) is 4. The Balaban J connectivity index is 2.44. The zero-order chi connectivity index (χ0) is 14.7. The average molecular weight is 272 g/mol. The van der Waals surface area contributed by atoms with Gasteiger partial charge < -0.3 is 10.4 Å². The summed E-state index contributed by atoms with van der Waals surface area (Å²) in [6.07, 6.45) is 0. The standard InChI is InChI=1S/C14H12N2O4/c1-9-4-2-3-5-11(9)15-12-7-6-10(14(17)18)8-13(12)16(19)20/h2-8,15H,1H3,(H,17,18). The first kappa shape index (κ1) is 13.5. The third-order valence-electron chi connectivity index (χ3n) is 2.86. The lowest BCUT2D eigenvalue weighted by Crippen LogP contribution is -2.02. The van der Waals surface area contributed by atoms with E-state index in [1.54, 1.807) is 6.07 Å². The molecule has 6 nitrogen and oxygen atoms in total. The number of carbonyl (C=O) groups is 1. The fraction of sp³-hybridized carbons (Fsp3) is 0.0714. The van der Waals surface area contributed by atoms with Crippen molar-refractivity contribution in [2.75, 3.05) is 5.32 Å². The molecule has 0 aromatic heterocycles. The first-order valence-corrected chi connectivity index (χ1v) is 5.83. The molecule has 0 radical (unpaired) electrons. The Labute approximate surface area is 114 Å². The van der Waals surface area contributed by atoms with Crippen molar-refractivity contribution in [2.45, 2.75) is 6.92 Å². The molecule has 0 unspecified atom stereocenters. The Morgan fingerprint density at radius 2 is 1.90 bits per heavy atom. The topological polar surface area (TPSA) is 92.5 Å². The van der Waals surface area contributed by atoms with E-state index >= 15 is 0 Å². The number of nitro groups is 1. The van der Waals surface area contributed by atoms with Gasteiger partial charge in [-0.1, -0.05) is 18.2 Å². The molecule has 0 saturated carbocycles. The van der Waals surface area contributed by atoms with E-state index in [9.17, 15) is 14.9 Å². The second-order valence-corrected chi connectivity index (χ2v) is 4.23. The van der Waals surface area contributed by atoms with Crippen molar-refractivity contribution in [3.8, 4) is 0 Å². The van der Waals surface area contributed by atoms with Crippen LogP contribution in [-0.2, 0) is 0 Å². The van der Waals surface area contributed by atoms with Crippen LogP contribution in [0.15, 0.2) is 42.5 Å². The monoisotopic (exact) mass is 272 g/mol. The molecule has 2 N–H and O–H groups in total. The minimum Gasteiger partial charge on any atom is -0.478 e. The van der Waals surface area contributed by atoms with Crippen LogP contribution in [0.3, 0.4) is 0 Å². The van der Waals surface area contributed by atoms with Crippen LogP contribution in [0.2, 0.25) is 0 Å². The van der Waals surface area contributed by atoms with Crippen LogP contribution >= 0.6 is 0 Å². The van der Waals surface area contributed by atoms with Crippen LogP contribution in [0.1, 0.15) is 15.9 Å². The molecule has 0 amide bonds. The summed E-state index contributed by atoms with van der Waals surface area (Å²) in [5, 5.41) is 22.9. The number of anilines is 2. The maximum absolute atomic E-state index is 11.0. The van der Waals surface area contributed by atoms with E-state index in [4.69, 9.17) is 5.11 Å². The van der Waals surface area contributed by atoms with Crippen LogP contribution in [0.5, 0.6) is 0 Å². The lowest BCUT2D eigenvalue weighted by Gasteiger charge is -2.10. The summed E-state index contributed by atoms with van der Waals surface area (Å²) in [4.78, 5) is 21.3. The molecule has 0 aliphatic carbocycles. The molecule has 0 heterocycles. The smallest absolute Gasteiger partial charge is 0.335 e. The molecular weight excluding hydrogens is 260 g/mol. The predicted molar refractivity (Wildman–Crippen MR) is 74.5 cm³/mol. The summed E-state index contributed by atoms with van der Waals surface area (Å²) in [7, 11) is 0. The van der Waals surface area contributed by atoms with E-state index in [0.29, 0.717) is 0 Å². The maximum Gasteiger partial charge on any atom is 0.335 e. The van der Waals surface area contributed by atoms with Crippen LogP contribution in [-0.4, -0.2) is 16.0 Å². The van der Waals surface area contributed by atoms with Crippen molar-refractivity contribution in [2.24, 2.45) is 0 Å². The molecule has 2 aromatic rings. The van der Waals surface area contributed by atoms with Crippen molar-refractivity contribution in [1.29, 1.82) is 0 Å². The number of nitro benzene ring substituents is 1. The Kier molecular flexibility index (Phi) is 3.65. The zero-order valence-electron chi connectivity index (χ0n) is 10.7. The number of benzene rings is 2. The van der Waals surface area contributed by atoms with Gasteiger partial charge in [-0.2, -0.15) is 0 Å². The molecule has 20 heavy (non-hydrogen) atoms. The summed E-state index contributed by atoms with van der Waals surface area (Å²) in [6, 6.07) is 11.1. The van der Waals surface area contributed by atoms with E-state index in [1.807, 2.05) is 25.1 Å². The summed E-state index contributed by atoms with van der Waals surface area (Å²) >= 11 is 0. The van der Waals surface area contributed by atoms with Gasteiger partial charge in [-0.15, -0.1) is 0 Å². The lowest BCUT2D eigenvalue weighted by molar-refractivity contribution is -0.383. The zero-order valence-corrected chi connectivity index (χ0v) is 10.7. The van der Waals surface area contributed by atoms with Gasteiger partial charge in [0.15, 0.2) is 0 Å². The number of nitrogens with one attached hydrogen (secondary N) is 1. The van der Waals surface area contributed by atoms with Gasteiger partial charge in [0.2, 0.25) is 0 Å². The van der Waals surface area contributed by atoms with Gasteiger partial charge in [0, 0.05) is 11.8 Å². The number of aromatic carboxylic acids is 1. The number of hydrogen-bond donors (Lipinski definition) is 2. The first-order chi connectivity index (χ1) is 9.49. The minimum absolute atomic E-state index is 0.118. The summed E-state index contributed by atoms with van der Waals surface area (Å²) in [5.74, 6) is -1.20. The third kappa shape index (κ3) is 2.74. The van der Waals surface area contributed by atoms with Crippen molar-refractivity contribution < 1.29 is 14.8 Å². The first-order valence-electron chi connectivity index (χ1n) is 5.83. The second-order valence-electron chi connectivity index (χ2n) is 4.23. The highest BCUT2D eigenvalue weighted by atomic mass is 16.6. The molecule has 0 aliphatic heterocycles. The number of carboxylic acids is 1. The molecule has 0 bridgehead atoms. The van der Waals surface area contributed by atoms with E-state index < -0.39 is 10.9 Å². The van der Waals surface area contributed by atoms with Crippen LogP contribution < -0.4 is 5.32 Å². The molecule has 0 atom stereocenters. The molecule has 6 heteroatoms. The highest BCUT2D eigenvalue weighted by Crippen LogP contribution is 2.29. The fourth-order valence-corrected chi connectivity index (χ4v) is 1.78. The normalized spacial score (nSPS) is 10.1. The number of rotatable bonds is 4. The predicted octanol–water partition coefficient (Wildman–Crippen LogP) is 3.35. The Bertz CT molecular complexity index is 683. The minimum atomic E-state index is -1.20. The van der Waals surface area contributed by atoms with Crippen LogP contribution in [0, 0.1) is 17.0 Å². The molecule has 0 aliphatic rings. The third-order valence-corrected chi connectivity index (χ3v) is 2.86. The highest BCUT2D eigenvalue weighted by Gasteiger charge is 2.17. The fourth-order valence-electron chi connectivity index (χ4n) is 1.78. The summed E-state index contributed by atoms with van der Waals surface area (Å²) in [6.45, 7) is 1.87. The Morgan fingerprint density at radius 3 is 2.50 bits per heavy atom. The van der Waals surface area contributed by atoms with E-state index in [-0.39, 0.29) is 16.9 Å². The molecule has 102 valence electrons. The molecule has 0 saturated heterocycles. The average Bonchev–Trinajstić information content (AvgIpc) is 2.41. The molecule has 2 aromatic carbocycles. The quantitative estimate of drug-likeness (QED) is 0.657. The number of aryl methyl sites for hydroxylation is 1. The largest absolute Gasteiger partial charge is 0.478 e. The lowest BCUT2D eigenvalue weighted by atomic mass is 10.1. The Morgan fingerprint density at radius 1 is 1.20 bits per heavy atom. The van der Waals surface area contributed by atoms with Crippen molar-refractivity contribution in [1.82, 2.24) is 0 Å². The number of carboxylic acid groups (broad SMARTS) is 1. The second kappa shape index (κ2) is 5.40. The highest BCUT2D eigenvalue weighted by molar-refractivity contribution is 5.90. The van der Waals surface area contributed by atoms with Crippen molar-refractivity contribution in [3.63, 3.8) is 0 Å². The number of para-hydroxylation sites is 1. The van der Waals surface area contributed by atoms with Gasteiger partial charge in [-0.05, 0) is 30.7 Å². The number of nitrogens with zero attached hydrogens (tertiary/aromatic N) is 1. The van der Waals surface area contributed by atoms with Gasteiger partial charge in [-0.3, -0.25) is 10.1 Å². The van der Waals surface area contributed by atoms with E-state index in [0.717, 1.165) is 17.3 Å². The molecule has 2 rings (SSSR count). The summed E-state index contributed by atoms with van der Waals surface area (Å²) < 4.78 is 0. The van der Waals surface area contributed by atoms with Gasteiger partial charge >= 0.3 is 5.97 Å². The van der Waals surface area contributed by atoms with E-state index in [1.165, 1.54) is 12.1 Å². The van der Waals surface area contributed by atoms with E-state index in [2.05, 4.69) is 5.32 Å². The van der Waals surface area contributed by atoms with Gasteiger partial charge in [0.1, 0.15) is 5.69 Å².